The van der Waals surface area contributed by atoms with Crippen LogP contribution in [0.25, 0.3) is 22.4 Å². The Morgan fingerprint density at radius 3 is 2.17 bits per heavy atom. The number of allylic oxidation sites excluding steroid dienone is 1. The Morgan fingerprint density at radius 2 is 1.66 bits per heavy atom. The van der Waals surface area contributed by atoms with Gasteiger partial charge in [-0.2, -0.15) is 18.3 Å². The maximum atomic E-state index is 13.9. The molecule has 3 aromatic rings. The van der Waals surface area contributed by atoms with Crippen molar-refractivity contribution in [3.8, 4) is 22.4 Å². The molecule has 9 heteroatoms. The highest BCUT2D eigenvalue weighted by Gasteiger charge is 2.40. The summed E-state index contributed by atoms with van der Waals surface area (Å²) in [5, 5.41) is 4.15. The summed E-state index contributed by atoms with van der Waals surface area (Å²) in [4.78, 5) is 0. The van der Waals surface area contributed by atoms with E-state index in [9.17, 15) is 21.8 Å². The molecule has 0 saturated carbocycles. The first-order valence-corrected chi connectivity index (χ1v) is 9.70. The van der Waals surface area contributed by atoms with Crippen LogP contribution in [0.3, 0.4) is 0 Å². The number of benzene rings is 2. The maximum absolute atomic E-state index is 13.9. The molecule has 0 radical (unpaired) electrons. The third kappa shape index (κ3) is 4.63. The van der Waals surface area contributed by atoms with Gasteiger partial charge in [0.2, 0.25) is 0 Å². The second-order valence-corrected chi connectivity index (χ2v) is 7.14. The van der Waals surface area contributed by atoms with Gasteiger partial charge in [-0.05, 0) is 23.3 Å². The van der Waals surface area contributed by atoms with Crippen molar-refractivity contribution in [3.05, 3.63) is 78.3 Å². The molecular weight excluding hydrogens is 408 g/mol. The van der Waals surface area contributed by atoms with Crippen molar-refractivity contribution in [1.29, 1.82) is 0 Å². The van der Waals surface area contributed by atoms with Gasteiger partial charge in [0.25, 0.3) is 0 Å². The number of nitrogens with zero attached hydrogens (tertiary/aromatic N) is 2. The summed E-state index contributed by atoms with van der Waals surface area (Å²) in [5.74, 6) is -0.659. The largest absolute Gasteiger partial charge is 0.433 e. The Bertz CT molecular complexity index is 1040. The minimum Gasteiger partial charge on any atom is -0.306 e. The predicted octanol–water partition coefficient (Wildman–Crippen LogP) is 5.28. The summed E-state index contributed by atoms with van der Waals surface area (Å²) in [6.07, 6.45) is -3.40. The Morgan fingerprint density at radius 1 is 1.07 bits per heavy atom. The summed E-state index contributed by atoms with van der Waals surface area (Å²) in [6, 6.07) is 10.9. The number of rotatable bonds is 6. The second kappa shape index (κ2) is 8.30. The zero-order chi connectivity index (χ0) is 21.2. The standard InChI is InChI=1S/C20H16F4N2O2S/c1-2-11-26-19(20(22,23)24)17(14-7-9-16(21)10-8-14)18(25-26)15-5-3-13(4-6-15)12-29(27)28/h2-10H,1,11-12H2,(H,27,28). The van der Waals surface area contributed by atoms with Crippen LogP contribution in [0.1, 0.15) is 11.3 Å². The van der Waals surface area contributed by atoms with E-state index < -0.39 is 28.8 Å². The first-order valence-electron chi connectivity index (χ1n) is 8.42. The Kier molecular flexibility index (Phi) is 5.99. The van der Waals surface area contributed by atoms with E-state index in [0.717, 1.165) is 16.8 Å². The molecule has 0 fully saturated rings. The van der Waals surface area contributed by atoms with Gasteiger partial charge in [-0.1, -0.05) is 42.5 Å². The smallest absolute Gasteiger partial charge is 0.306 e. The Balaban J connectivity index is 2.24. The van der Waals surface area contributed by atoms with Gasteiger partial charge in [0.15, 0.2) is 16.8 Å². The number of halogens is 4. The molecule has 1 aromatic heterocycles. The van der Waals surface area contributed by atoms with E-state index in [1.165, 1.54) is 30.3 Å². The Labute approximate surface area is 166 Å². The normalized spacial score (nSPS) is 12.7. The van der Waals surface area contributed by atoms with Gasteiger partial charge < -0.3 is 4.55 Å². The molecule has 0 aliphatic heterocycles. The van der Waals surface area contributed by atoms with E-state index in [2.05, 4.69) is 11.7 Å². The minimum atomic E-state index is -4.70. The van der Waals surface area contributed by atoms with Crippen LogP contribution in [0.15, 0.2) is 61.2 Å². The van der Waals surface area contributed by atoms with Gasteiger partial charge in [-0.25, -0.2) is 8.60 Å². The van der Waals surface area contributed by atoms with Gasteiger partial charge in [-0.3, -0.25) is 4.68 Å². The third-order valence-electron chi connectivity index (χ3n) is 4.17. The number of alkyl halides is 3. The second-order valence-electron chi connectivity index (χ2n) is 6.21. The molecule has 2 aromatic carbocycles. The summed E-state index contributed by atoms with van der Waals surface area (Å²) in [7, 11) is 0. The molecular formula is C20H16F4N2O2S. The molecule has 0 bridgehead atoms. The fraction of sp³-hybridized carbons (Fsp3) is 0.150. The van der Waals surface area contributed by atoms with Gasteiger partial charge in [0.1, 0.15) is 11.5 Å². The van der Waals surface area contributed by atoms with Crippen LogP contribution < -0.4 is 0 Å². The molecule has 1 N–H and O–H groups in total. The fourth-order valence-corrected chi connectivity index (χ4v) is 3.48. The van der Waals surface area contributed by atoms with Gasteiger partial charge in [0.05, 0.1) is 12.3 Å². The molecule has 4 nitrogen and oxygen atoms in total. The van der Waals surface area contributed by atoms with Gasteiger partial charge in [-0.15, -0.1) is 6.58 Å². The predicted molar refractivity (Wildman–Crippen MR) is 103 cm³/mol. The number of aromatic nitrogens is 2. The molecule has 29 heavy (non-hydrogen) atoms. The lowest BCUT2D eigenvalue weighted by atomic mass is 9.98. The van der Waals surface area contributed by atoms with Crippen molar-refractivity contribution >= 4 is 11.1 Å². The average molecular weight is 424 g/mol. The molecule has 0 aliphatic rings. The van der Waals surface area contributed by atoms with E-state index in [0.29, 0.717) is 11.1 Å². The molecule has 3 rings (SSSR count). The molecule has 1 heterocycles. The van der Waals surface area contributed by atoms with Crippen LogP contribution in [0.2, 0.25) is 0 Å². The van der Waals surface area contributed by atoms with Crippen molar-refractivity contribution in [3.63, 3.8) is 0 Å². The lowest BCUT2D eigenvalue weighted by molar-refractivity contribution is -0.143. The van der Waals surface area contributed by atoms with Gasteiger partial charge in [0, 0.05) is 11.1 Å². The summed E-state index contributed by atoms with van der Waals surface area (Å²) in [5.41, 5.74) is 0.0639. The highest BCUT2D eigenvalue weighted by Crippen LogP contribution is 2.42. The van der Waals surface area contributed by atoms with Crippen LogP contribution in [-0.2, 0) is 29.6 Å². The zero-order valence-electron chi connectivity index (χ0n) is 15.0. The van der Waals surface area contributed by atoms with Crippen molar-refractivity contribution < 1.29 is 26.3 Å². The highest BCUT2D eigenvalue weighted by molar-refractivity contribution is 7.78. The molecule has 1 atom stereocenters. The lowest BCUT2D eigenvalue weighted by Crippen LogP contribution is -2.15. The highest BCUT2D eigenvalue weighted by atomic mass is 32.2. The fourth-order valence-electron chi connectivity index (χ4n) is 3.00. The lowest BCUT2D eigenvalue weighted by Gasteiger charge is -2.12. The first-order chi connectivity index (χ1) is 13.7. The van der Waals surface area contributed by atoms with Crippen LogP contribution in [0.5, 0.6) is 0 Å². The van der Waals surface area contributed by atoms with Crippen LogP contribution >= 0.6 is 0 Å². The minimum absolute atomic E-state index is 0.0717. The van der Waals surface area contributed by atoms with Crippen molar-refractivity contribution in [2.24, 2.45) is 0 Å². The maximum Gasteiger partial charge on any atom is 0.433 e. The SMILES string of the molecule is C=CCn1nc(-c2ccc(CS(=O)O)cc2)c(-c2ccc(F)cc2)c1C(F)(F)F. The molecule has 0 amide bonds. The van der Waals surface area contributed by atoms with Crippen LogP contribution in [0.4, 0.5) is 17.6 Å². The van der Waals surface area contributed by atoms with E-state index in [4.69, 9.17) is 4.55 Å². The van der Waals surface area contributed by atoms with E-state index in [1.54, 1.807) is 12.1 Å². The zero-order valence-corrected chi connectivity index (χ0v) is 15.8. The third-order valence-corrected chi connectivity index (χ3v) is 4.75. The topological polar surface area (TPSA) is 55.1 Å². The quantitative estimate of drug-likeness (QED) is 0.333. The van der Waals surface area contributed by atoms with Crippen LogP contribution in [-0.4, -0.2) is 18.5 Å². The van der Waals surface area contributed by atoms with Crippen molar-refractivity contribution in [2.75, 3.05) is 0 Å². The molecule has 0 aliphatic carbocycles. The summed E-state index contributed by atoms with van der Waals surface area (Å²) in [6.45, 7) is 3.32. The molecule has 152 valence electrons. The van der Waals surface area contributed by atoms with Crippen molar-refractivity contribution in [2.45, 2.75) is 18.5 Å². The Hall–Kier alpha value is -2.78. The molecule has 0 saturated heterocycles. The first kappa shape index (κ1) is 20.9. The summed E-state index contributed by atoms with van der Waals surface area (Å²) < 4.78 is 75.8. The number of hydrogen-bond acceptors (Lipinski definition) is 2. The van der Waals surface area contributed by atoms with E-state index >= 15 is 0 Å². The van der Waals surface area contributed by atoms with E-state index in [-0.39, 0.29) is 29.1 Å². The van der Waals surface area contributed by atoms with E-state index in [1.807, 2.05) is 0 Å². The van der Waals surface area contributed by atoms with Crippen LogP contribution in [0, 0.1) is 5.82 Å². The molecule has 1 unspecified atom stereocenters. The van der Waals surface area contributed by atoms with Crippen molar-refractivity contribution in [1.82, 2.24) is 9.78 Å². The number of hydrogen-bond donors (Lipinski definition) is 1. The summed E-state index contributed by atoms with van der Waals surface area (Å²) >= 11 is -2.03. The monoisotopic (exact) mass is 424 g/mol. The molecule has 0 spiro atoms. The average Bonchev–Trinajstić information content (AvgIpc) is 3.02. The van der Waals surface area contributed by atoms with Gasteiger partial charge >= 0.3 is 6.18 Å².